The largest absolute Gasteiger partial charge is 0.361 e. The van der Waals surface area contributed by atoms with Gasteiger partial charge in [-0.25, -0.2) is 0 Å². The summed E-state index contributed by atoms with van der Waals surface area (Å²) in [5.74, 6) is 1.46. The molecule has 5 nitrogen and oxygen atoms in total. The zero-order valence-corrected chi connectivity index (χ0v) is 15.0. The van der Waals surface area contributed by atoms with Crippen LogP contribution in [0.15, 0.2) is 58.2 Å². The molecular formula is C19H19N3O2S. The summed E-state index contributed by atoms with van der Waals surface area (Å²) in [6.07, 6.45) is 3.43. The van der Waals surface area contributed by atoms with E-state index in [0.717, 1.165) is 33.2 Å². The number of hydrogen-bond acceptors (Lipinski definition) is 5. The molecule has 0 saturated heterocycles. The second kappa shape index (κ2) is 7.98. The van der Waals surface area contributed by atoms with E-state index >= 15 is 0 Å². The molecule has 128 valence electrons. The lowest BCUT2D eigenvalue weighted by Crippen LogP contribution is -2.23. The van der Waals surface area contributed by atoms with E-state index in [1.54, 1.807) is 24.2 Å². The Morgan fingerprint density at radius 3 is 2.64 bits per heavy atom. The summed E-state index contributed by atoms with van der Waals surface area (Å²) in [5.41, 5.74) is 3.67. The van der Waals surface area contributed by atoms with Gasteiger partial charge in [-0.15, -0.1) is 11.8 Å². The quantitative estimate of drug-likeness (QED) is 0.681. The van der Waals surface area contributed by atoms with Gasteiger partial charge >= 0.3 is 0 Å². The highest BCUT2D eigenvalue weighted by Gasteiger charge is 2.14. The minimum Gasteiger partial charge on any atom is -0.361 e. The number of carbonyl (C=O) groups excluding carboxylic acids is 1. The molecule has 2 heterocycles. The predicted molar refractivity (Wildman–Crippen MR) is 97.4 cm³/mol. The third-order valence-electron chi connectivity index (χ3n) is 3.89. The van der Waals surface area contributed by atoms with Crippen molar-refractivity contribution in [2.45, 2.75) is 31.0 Å². The molecule has 0 aliphatic rings. The van der Waals surface area contributed by atoms with Crippen LogP contribution < -0.4 is 5.32 Å². The SMILES string of the molecule is Cc1noc(C)c1CSc1ccccc1C(=O)NCc1ccncc1. The van der Waals surface area contributed by atoms with Crippen LogP contribution in [0.4, 0.5) is 0 Å². The lowest BCUT2D eigenvalue weighted by Gasteiger charge is -2.10. The van der Waals surface area contributed by atoms with E-state index in [0.29, 0.717) is 12.1 Å². The fraction of sp³-hybridized carbons (Fsp3) is 0.211. The van der Waals surface area contributed by atoms with Crippen molar-refractivity contribution >= 4 is 17.7 Å². The van der Waals surface area contributed by atoms with Crippen molar-refractivity contribution in [3.8, 4) is 0 Å². The van der Waals surface area contributed by atoms with Crippen LogP contribution in [0, 0.1) is 13.8 Å². The number of nitrogens with one attached hydrogen (secondary N) is 1. The Hall–Kier alpha value is -2.60. The van der Waals surface area contributed by atoms with E-state index < -0.39 is 0 Å². The highest BCUT2D eigenvalue weighted by Crippen LogP contribution is 2.28. The van der Waals surface area contributed by atoms with Crippen molar-refractivity contribution < 1.29 is 9.32 Å². The van der Waals surface area contributed by atoms with Crippen LogP contribution in [0.2, 0.25) is 0 Å². The maximum absolute atomic E-state index is 12.6. The molecule has 0 unspecified atom stereocenters. The Morgan fingerprint density at radius 2 is 1.92 bits per heavy atom. The molecule has 25 heavy (non-hydrogen) atoms. The summed E-state index contributed by atoms with van der Waals surface area (Å²) < 4.78 is 5.20. The Kier molecular flexibility index (Phi) is 5.50. The highest BCUT2D eigenvalue weighted by molar-refractivity contribution is 7.98. The van der Waals surface area contributed by atoms with Crippen LogP contribution in [-0.2, 0) is 12.3 Å². The molecule has 0 spiro atoms. The zero-order valence-electron chi connectivity index (χ0n) is 14.2. The second-order valence-corrected chi connectivity index (χ2v) is 6.64. The van der Waals surface area contributed by atoms with Crippen molar-refractivity contribution in [2.24, 2.45) is 0 Å². The Balaban J connectivity index is 1.69. The molecule has 0 aliphatic carbocycles. The Labute approximate surface area is 150 Å². The summed E-state index contributed by atoms with van der Waals surface area (Å²) in [6.45, 7) is 4.31. The molecule has 1 aromatic carbocycles. The first-order chi connectivity index (χ1) is 12.1. The number of nitrogens with zero attached hydrogens (tertiary/aromatic N) is 2. The molecule has 1 amide bonds. The number of hydrogen-bond donors (Lipinski definition) is 1. The first-order valence-corrected chi connectivity index (χ1v) is 8.94. The predicted octanol–water partition coefficient (Wildman–Crippen LogP) is 3.91. The van der Waals surface area contributed by atoms with Gasteiger partial charge in [0.1, 0.15) is 5.76 Å². The third-order valence-corrected chi connectivity index (χ3v) is 4.99. The first-order valence-electron chi connectivity index (χ1n) is 7.96. The van der Waals surface area contributed by atoms with Gasteiger partial charge in [0.2, 0.25) is 0 Å². The first kappa shape index (κ1) is 17.2. The molecule has 6 heteroatoms. The highest BCUT2D eigenvalue weighted by atomic mass is 32.2. The molecular weight excluding hydrogens is 334 g/mol. The van der Waals surface area contributed by atoms with E-state index in [2.05, 4.69) is 15.5 Å². The fourth-order valence-electron chi connectivity index (χ4n) is 2.42. The Bertz CT molecular complexity index is 843. The summed E-state index contributed by atoms with van der Waals surface area (Å²) in [5, 5.41) is 6.94. The summed E-state index contributed by atoms with van der Waals surface area (Å²) in [4.78, 5) is 17.5. The van der Waals surface area contributed by atoms with Gasteiger partial charge in [0.15, 0.2) is 0 Å². The van der Waals surface area contributed by atoms with Crippen LogP contribution in [0.5, 0.6) is 0 Å². The van der Waals surface area contributed by atoms with Crippen molar-refractivity contribution in [1.29, 1.82) is 0 Å². The molecule has 0 saturated carbocycles. The van der Waals surface area contributed by atoms with Crippen molar-refractivity contribution in [3.63, 3.8) is 0 Å². The average Bonchev–Trinajstić information content (AvgIpc) is 2.97. The normalized spacial score (nSPS) is 10.6. The zero-order chi connectivity index (χ0) is 17.6. The molecule has 3 rings (SSSR count). The number of amides is 1. The summed E-state index contributed by atoms with van der Waals surface area (Å²) >= 11 is 1.61. The van der Waals surface area contributed by atoms with Gasteiger partial charge in [0.05, 0.1) is 11.3 Å². The van der Waals surface area contributed by atoms with Gasteiger partial charge < -0.3 is 9.84 Å². The summed E-state index contributed by atoms with van der Waals surface area (Å²) in [7, 11) is 0. The van der Waals surface area contributed by atoms with E-state index in [4.69, 9.17) is 4.52 Å². The lowest BCUT2D eigenvalue weighted by molar-refractivity contribution is 0.0948. The van der Waals surface area contributed by atoms with Gasteiger partial charge in [-0.2, -0.15) is 0 Å². The van der Waals surface area contributed by atoms with Crippen LogP contribution in [0.1, 0.15) is 32.9 Å². The molecule has 0 bridgehead atoms. The number of rotatable bonds is 6. The smallest absolute Gasteiger partial charge is 0.252 e. The van der Waals surface area contributed by atoms with E-state index in [1.165, 1.54) is 0 Å². The molecule has 0 aliphatic heterocycles. The minimum atomic E-state index is -0.0846. The molecule has 0 radical (unpaired) electrons. The van der Waals surface area contributed by atoms with Crippen LogP contribution in [0.25, 0.3) is 0 Å². The fourth-order valence-corrected chi connectivity index (χ4v) is 3.62. The van der Waals surface area contributed by atoms with E-state index in [-0.39, 0.29) is 5.91 Å². The molecule has 0 fully saturated rings. The van der Waals surface area contributed by atoms with Gasteiger partial charge in [-0.3, -0.25) is 9.78 Å². The second-order valence-electron chi connectivity index (χ2n) is 5.63. The molecule has 1 N–H and O–H groups in total. The van der Waals surface area contributed by atoms with Crippen LogP contribution in [-0.4, -0.2) is 16.0 Å². The standard InChI is InChI=1S/C19H19N3O2S/c1-13-17(14(2)24-22-13)12-25-18-6-4-3-5-16(18)19(23)21-11-15-7-9-20-10-8-15/h3-10H,11-12H2,1-2H3,(H,21,23). The average molecular weight is 353 g/mol. The number of carbonyl (C=O) groups is 1. The van der Waals surface area contributed by atoms with Crippen molar-refractivity contribution in [2.75, 3.05) is 0 Å². The Morgan fingerprint density at radius 1 is 1.16 bits per heavy atom. The van der Waals surface area contributed by atoms with E-state index in [9.17, 15) is 4.79 Å². The summed E-state index contributed by atoms with van der Waals surface area (Å²) in [6, 6.07) is 11.4. The number of pyridine rings is 1. The van der Waals surface area contributed by atoms with Gasteiger partial charge in [-0.05, 0) is 43.7 Å². The molecule has 0 atom stereocenters. The topological polar surface area (TPSA) is 68.0 Å². The third kappa shape index (κ3) is 4.28. The van der Waals surface area contributed by atoms with Gasteiger partial charge in [0, 0.05) is 35.2 Å². The lowest BCUT2D eigenvalue weighted by atomic mass is 10.2. The maximum atomic E-state index is 12.6. The number of aryl methyl sites for hydroxylation is 2. The van der Waals surface area contributed by atoms with Crippen molar-refractivity contribution in [3.05, 3.63) is 76.9 Å². The monoisotopic (exact) mass is 353 g/mol. The minimum absolute atomic E-state index is 0.0846. The maximum Gasteiger partial charge on any atom is 0.252 e. The van der Waals surface area contributed by atoms with Crippen LogP contribution >= 0.6 is 11.8 Å². The van der Waals surface area contributed by atoms with Crippen LogP contribution in [0.3, 0.4) is 0 Å². The van der Waals surface area contributed by atoms with Gasteiger partial charge in [-0.1, -0.05) is 17.3 Å². The number of aromatic nitrogens is 2. The number of benzene rings is 1. The van der Waals surface area contributed by atoms with Gasteiger partial charge in [0.25, 0.3) is 5.91 Å². The van der Waals surface area contributed by atoms with E-state index in [1.807, 2.05) is 50.2 Å². The van der Waals surface area contributed by atoms with Crippen molar-refractivity contribution in [1.82, 2.24) is 15.5 Å². The molecule has 3 aromatic rings. The molecule has 2 aromatic heterocycles. The number of thioether (sulfide) groups is 1.